The molecular weight excluding hydrogens is 488 g/mol. The van der Waals surface area contributed by atoms with Crippen LogP contribution in [0.2, 0.25) is 0 Å². The fourth-order valence-corrected chi connectivity index (χ4v) is 4.84. The van der Waals surface area contributed by atoms with E-state index in [1.165, 1.54) is 0 Å². The normalized spacial score (nSPS) is 14.2. The molecule has 0 bridgehead atoms. The fraction of sp³-hybridized carbons (Fsp3) is 0.333. The van der Waals surface area contributed by atoms with E-state index in [1.54, 1.807) is 41.5 Å². The van der Waals surface area contributed by atoms with Gasteiger partial charge >= 0.3 is 0 Å². The van der Waals surface area contributed by atoms with Crippen LogP contribution in [0.15, 0.2) is 84.9 Å². The van der Waals surface area contributed by atoms with E-state index < -0.39 is 40.5 Å². The first kappa shape index (κ1) is 28.3. The molecule has 0 aliphatic carbocycles. The van der Waals surface area contributed by atoms with Crippen molar-refractivity contribution in [1.82, 2.24) is 10.6 Å². The Kier molecular flexibility index (Phi) is 7.57. The second kappa shape index (κ2) is 10.4. The van der Waals surface area contributed by atoms with Crippen LogP contribution in [0.4, 0.5) is 0 Å². The molecule has 4 aromatic carbocycles. The molecule has 4 aromatic rings. The zero-order chi connectivity index (χ0) is 28.6. The van der Waals surface area contributed by atoms with Crippen molar-refractivity contribution in [1.29, 1.82) is 0 Å². The number of hydrogen-bond acceptors (Lipinski definition) is 4. The van der Waals surface area contributed by atoms with Crippen molar-refractivity contribution in [3.8, 4) is 0 Å². The maximum absolute atomic E-state index is 13.6. The van der Waals surface area contributed by atoms with Crippen LogP contribution in [0.25, 0.3) is 21.5 Å². The number of amides is 2. The summed E-state index contributed by atoms with van der Waals surface area (Å²) < 4.78 is 0. The van der Waals surface area contributed by atoms with E-state index in [4.69, 9.17) is 0 Å². The number of hydrogen-bond donors (Lipinski definition) is 4. The van der Waals surface area contributed by atoms with E-state index in [9.17, 15) is 19.8 Å². The summed E-state index contributed by atoms with van der Waals surface area (Å²) in [4.78, 5) is 27.2. The molecule has 0 aromatic heterocycles. The summed E-state index contributed by atoms with van der Waals surface area (Å²) in [6.07, 6.45) is 0. The Morgan fingerprint density at radius 2 is 0.897 bits per heavy atom. The summed E-state index contributed by atoms with van der Waals surface area (Å²) in [5.41, 5.74) is -2.63. The van der Waals surface area contributed by atoms with E-state index in [-0.39, 0.29) is 0 Å². The van der Waals surface area contributed by atoms with Crippen molar-refractivity contribution in [2.45, 2.75) is 64.8 Å². The maximum atomic E-state index is 13.6. The predicted octanol–water partition coefficient (Wildman–Crippen LogP) is 5.58. The minimum atomic E-state index is -1.50. The third-order valence-corrected chi connectivity index (χ3v) is 7.31. The predicted molar refractivity (Wildman–Crippen MR) is 156 cm³/mol. The monoisotopic (exact) mass is 526 g/mol. The van der Waals surface area contributed by atoms with Crippen molar-refractivity contribution in [2.24, 2.45) is 5.41 Å². The summed E-state index contributed by atoms with van der Waals surface area (Å²) in [7, 11) is 0. The van der Waals surface area contributed by atoms with Gasteiger partial charge in [0.25, 0.3) is 0 Å². The SMILES string of the molecule is CC(C)(C(=O)N[C@H](c1ccc2ccccc2c1)C(C)(C)O)C(=O)N[C@H](c1ccc2ccccc2c1)C(C)(C)O. The highest BCUT2D eigenvalue weighted by atomic mass is 16.3. The first-order valence-corrected chi connectivity index (χ1v) is 13.2. The molecule has 2 atom stereocenters. The van der Waals surface area contributed by atoms with Gasteiger partial charge in [-0.2, -0.15) is 0 Å². The molecular formula is C33H38N2O4. The number of carbonyl (C=O) groups excluding carboxylic acids is 2. The maximum Gasteiger partial charge on any atom is 0.235 e. The van der Waals surface area contributed by atoms with Gasteiger partial charge in [0.1, 0.15) is 5.41 Å². The number of benzene rings is 4. The van der Waals surface area contributed by atoms with Crippen LogP contribution in [-0.2, 0) is 9.59 Å². The van der Waals surface area contributed by atoms with Gasteiger partial charge in [-0.1, -0.05) is 72.8 Å². The molecule has 4 rings (SSSR count). The summed E-state index contributed by atoms with van der Waals surface area (Å²) in [6.45, 7) is 9.60. The van der Waals surface area contributed by atoms with Crippen molar-refractivity contribution < 1.29 is 19.8 Å². The van der Waals surface area contributed by atoms with Crippen LogP contribution in [0.3, 0.4) is 0 Å². The fourth-order valence-electron chi connectivity index (χ4n) is 4.84. The largest absolute Gasteiger partial charge is 0.388 e. The van der Waals surface area contributed by atoms with Crippen molar-refractivity contribution in [3.63, 3.8) is 0 Å². The first-order valence-electron chi connectivity index (χ1n) is 13.2. The van der Waals surface area contributed by atoms with Gasteiger partial charge in [-0.15, -0.1) is 0 Å². The summed E-state index contributed by atoms with van der Waals surface area (Å²) in [6, 6.07) is 25.8. The Morgan fingerprint density at radius 3 is 1.23 bits per heavy atom. The van der Waals surface area contributed by atoms with Crippen molar-refractivity contribution in [3.05, 3.63) is 96.1 Å². The first-order chi connectivity index (χ1) is 18.2. The third-order valence-electron chi connectivity index (χ3n) is 7.31. The Balaban J connectivity index is 1.59. The molecule has 6 heteroatoms. The minimum Gasteiger partial charge on any atom is -0.388 e. The number of aliphatic hydroxyl groups is 2. The Hall–Kier alpha value is -3.74. The van der Waals surface area contributed by atoms with E-state index in [2.05, 4.69) is 10.6 Å². The molecule has 0 radical (unpaired) electrons. The number of carbonyl (C=O) groups is 2. The molecule has 0 fully saturated rings. The summed E-state index contributed by atoms with van der Waals surface area (Å²) >= 11 is 0. The van der Waals surface area contributed by atoms with E-state index >= 15 is 0 Å². The van der Waals surface area contributed by atoms with Gasteiger partial charge in [-0.05, 0) is 86.3 Å². The molecule has 0 aliphatic heterocycles. The van der Waals surface area contributed by atoms with Gasteiger partial charge < -0.3 is 20.8 Å². The van der Waals surface area contributed by atoms with Crippen LogP contribution >= 0.6 is 0 Å². The second-order valence-corrected chi connectivity index (χ2v) is 12.0. The quantitative estimate of drug-likeness (QED) is 0.225. The molecule has 0 saturated heterocycles. The highest BCUT2D eigenvalue weighted by Gasteiger charge is 2.42. The van der Waals surface area contributed by atoms with Gasteiger partial charge in [0, 0.05) is 0 Å². The lowest BCUT2D eigenvalue weighted by Gasteiger charge is -2.36. The van der Waals surface area contributed by atoms with Crippen molar-refractivity contribution in [2.75, 3.05) is 0 Å². The van der Waals surface area contributed by atoms with E-state index in [0.29, 0.717) is 0 Å². The van der Waals surface area contributed by atoms with Crippen LogP contribution in [0.5, 0.6) is 0 Å². The topological polar surface area (TPSA) is 98.7 Å². The second-order valence-electron chi connectivity index (χ2n) is 12.0. The Labute approximate surface area is 230 Å². The van der Waals surface area contributed by atoms with Crippen LogP contribution in [0, 0.1) is 5.41 Å². The average Bonchev–Trinajstić information content (AvgIpc) is 2.88. The van der Waals surface area contributed by atoms with Crippen LogP contribution in [-0.4, -0.2) is 33.2 Å². The molecule has 0 heterocycles. The zero-order valence-electron chi connectivity index (χ0n) is 23.4. The Bertz CT molecular complexity index is 1400. The average molecular weight is 527 g/mol. The van der Waals surface area contributed by atoms with E-state index in [0.717, 1.165) is 32.7 Å². The van der Waals surface area contributed by atoms with Gasteiger partial charge in [0.2, 0.25) is 11.8 Å². The van der Waals surface area contributed by atoms with Crippen LogP contribution < -0.4 is 10.6 Å². The molecule has 2 amide bonds. The molecule has 0 spiro atoms. The van der Waals surface area contributed by atoms with Gasteiger partial charge in [0.05, 0.1) is 23.3 Å². The minimum absolute atomic E-state index is 0.534. The molecule has 0 saturated carbocycles. The summed E-state index contributed by atoms with van der Waals surface area (Å²) in [5.74, 6) is -1.07. The number of nitrogens with one attached hydrogen (secondary N) is 2. The van der Waals surface area contributed by atoms with Gasteiger partial charge in [-0.25, -0.2) is 0 Å². The van der Waals surface area contributed by atoms with Crippen molar-refractivity contribution >= 4 is 33.4 Å². The molecule has 204 valence electrons. The van der Waals surface area contributed by atoms with Gasteiger partial charge in [-0.3, -0.25) is 9.59 Å². The Morgan fingerprint density at radius 1 is 0.564 bits per heavy atom. The molecule has 4 N–H and O–H groups in total. The third kappa shape index (κ3) is 6.13. The molecule has 39 heavy (non-hydrogen) atoms. The lowest BCUT2D eigenvalue weighted by molar-refractivity contribution is -0.144. The van der Waals surface area contributed by atoms with Gasteiger partial charge in [0.15, 0.2) is 0 Å². The molecule has 0 unspecified atom stereocenters. The lowest BCUT2D eigenvalue weighted by Crippen LogP contribution is -2.54. The van der Waals surface area contributed by atoms with E-state index in [1.807, 2.05) is 84.9 Å². The zero-order valence-corrected chi connectivity index (χ0v) is 23.4. The molecule has 0 aliphatic rings. The number of rotatable bonds is 8. The highest BCUT2D eigenvalue weighted by molar-refractivity contribution is 6.04. The lowest BCUT2D eigenvalue weighted by atomic mass is 9.85. The summed E-state index contributed by atoms with van der Waals surface area (Å²) in [5, 5.41) is 31.9. The highest BCUT2D eigenvalue weighted by Crippen LogP contribution is 2.32. The van der Waals surface area contributed by atoms with Crippen LogP contribution in [0.1, 0.15) is 64.8 Å². The smallest absolute Gasteiger partial charge is 0.235 e. The molecule has 6 nitrogen and oxygen atoms in total. The number of fused-ring (bicyclic) bond motifs is 2. The standard InChI is InChI=1S/C33H38N2O4/c1-31(2,29(36)34-27(32(3,4)38)25-17-15-21-11-7-9-13-23(21)19-25)30(37)35-28(33(5,6)39)26-18-16-22-12-8-10-14-24(22)20-26/h7-20,27-28,38-39H,1-6H3,(H,34,36)(H,35,37)/t27-,28-/m1/s1.